The summed E-state index contributed by atoms with van der Waals surface area (Å²) >= 11 is 0. The predicted octanol–water partition coefficient (Wildman–Crippen LogP) is 2.04. The summed E-state index contributed by atoms with van der Waals surface area (Å²) in [4.78, 5) is 10.7. The highest BCUT2D eigenvalue weighted by Crippen LogP contribution is 2.51. The van der Waals surface area contributed by atoms with E-state index in [4.69, 9.17) is 10.8 Å². The minimum atomic E-state index is -1.47. The molecule has 2 rings (SSSR count). The molecule has 5 heteroatoms. The molecule has 1 aliphatic carbocycles. The van der Waals surface area contributed by atoms with Crippen LogP contribution < -0.4 is 5.73 Å². The Morgan fingerprint density at radius 3 is 2.41 bits per heavy atom. The number of aromatic carboxylic acids is 1. The van der Waals surface area contributed by atoms with Crippen LogP contribution in [0.2, 0.25) is 0 Å². The Morgan fingerprint density at radius 2 is 2.00 bits per heavy atom. The van der Waals surface area contributed by atoms with Gasteiger partial charge in [-0.3, -0.25) is 0 Å². The Bertz CT molecular complexity index is 482. The van der Waals surface area contributed by atoms with Crippen LogP contribution in [0, 0.1) is 11.6 Å². The van der Waals surface area contributed by atoms with E-state index in [-0.39, 0.29) is 11.6 Å². The Morgan fingerprint density at radius 1 is 1.41 bits per heavy atom. The van der Waals surface area contributed by atoms with Gasteiger partial charge in [0.2, 0.25) is 0 Å². The first kappa shape index (κ1) is 12.0. The number of benzene rings is 1. The molecule has 0 radical (unpaired) electrons. The van der Waals surface area contributed by atoms with Gasteiger partial charge in [-0.15, -0.1) is 0 Å². The van der Waals surface area contributed by atoms with Crippen molar-refractivity contribution in [2.24, 2.45) is 5.73 Å². The van der Waals surface area contributed by atoms with Crippen LogP contribution >= 0.6 is 0 Å². The fraction of sp³-hybridized carbons (Fsp3) is 0.417. The van der Waals surface area contributed by atoms with Gasteiger partial charge in [-0.05, 0) is 31.4 Å². The number of carboxylic acid groups (broad SMARTS) is 1. The fourth-order valence-electron chi connectivity index (χ4n) is 2.20. The molecule has 0 heterocycles. The van der Waals surface area contributed by atoms with E-state index < -0.39 is 28.6 Å². The van der Waals surface area contributed by atoms with Crippen LogP contribution in [0.4, 0.5) is 8.78 Å². The third-order valence-corrected chi connectivity index (χ3v) is 3.51. The van der Waals surface area contributed by atoms with E-state index in [0.717, 1.165) is 6.07 Å². The highest BCUT2D eigenvalue weighted by Gasteiger charge is 2.49. The molecule has 1 aromatic carbocycles. The molecule has 3 nitrogen and oxygen atoms in total. The van der Waals surface area contributed by atoms with Crippen molar-refractivity contribution in [2.45, 2.75) is 31.2 Å². The number of carboxylic acids is 1. The third-order valence-electron chi connectivity index (χ3n) is 3.51. The van der Waals surface area contributed by atoms with Crippen molar-refractivity contribution in [3.63, 3.8) is 0 Å². The standard InChI is InChI=1S/C12H13F2NO2/c1-6(15)12(4-5-12)8-3-2-7(11(16)17)9(13)10(8)14/h2-3,6H,4-5,15H2,1H3,(H,16,17). The fourth-order valence-corrected chi connectivity index (χ4v) is 2.20. The molecule has 1 aliphatic rings. The lowest BCUT2D eigenvalue weighted by molar-refractivity contribution is 0.0690. The van der Waals surface area contributed by atoms with Crippen molar-refractivity contribution in [3.05, 3.63) is 34.9 Å². The molecule has 0 aliphatic heterocycles. The maximum absolute atomic E-state index is 13.8. The smallest absolute Gasteiger partial charge is 0.338 e. The Labute approximate surface area is 97.2 Å². The Hall–Kier alpha value is -1.49. The summed E-state index contributed by atoms with van der Waals surface area (Å²) in [5, 5.41) is 8.68. The van der Waals surface area contributed by atoms with Gasteiger partial charge in [0.05, 0.1) is 5.56 Å². The van der Waals surface area contributed by atoms with E-state index in [0.29, 0.717) is 12.8 Å². The van der Waals surface area contributed by atoms with Gasteiger partial charge < -0.3 is 10.8 Å². The molecule has 0 bridgehead atoms. The lowest BCUT2D eigenvalue weighted by atomic mass is 9.88. The zero-order valence-electron chi connectivity index (χ0n) is 9.34. The van der Waals surface area contributed by atoms with E-state index >= 15 is 0 Å². The summed E-state index contributed by atoms with van der Waals surface area (Å²) in [6.45, 7) is 1.75. The van der Waals surface area contributed by atoms with Gasteiger partial charge in [0, 0.05) is 11.5 Å². The van der Waals surface area contributed by atoms with Gasteiger partial charge in [-0.1, -0.05) is 6.07 Å². The highest BCUT2D eigenvalue weighted by molar-refractivity contribution is 5.88. The van der Waals surface area contributed by atoms with E-state index in [2.05, 4.69) is 0 Å². The zero-order valence-corrected chi connectivity index (χ0v) is 9.34. The minimum Gasteiger partial charge on any atom is -0.478 e. The minimum absolute atomic E-state index is 0.190. The average Bonchev–Trinajstić information content (AvgIpc) is 3.02. The normalized spacial score (nSPS) is 18.8. The number of carbonyl (C=O) groups is 1. The molecule has 3 N–H and O–H groups in total. The second-order valence-electron chi connectivity index (χ2n) is 4.54. The van der Waals surface area contributed by atoms with Gasteiger partial charge in [0.25, 0.3) is 0 Å². The molecule has 0 saturated heterocycles. The Balaban J connectivity index is 2.52. The van der Waals surface area contributed by atoms with Gasteiger partial charge >= 0.3 is 5.97 Å². The van der Waals surface area contributed by atoms with Gasteiger partial charge in [-0.2, -0.15) is 0 Å². The molecule has 92 valence electrons. The SMILES string of the molecule is CC(N)C1(c2ccc(C(=O)O)c(F)c2F)CC1. The van der Waals surface area contributed by atoms with Crippen LogP contribution in [0.15, 0.2) is 12.1 Å². The van der Waals surface area contributed by atoms with Crippen LogP contribution in [-0.2, 0) is 5.41 Å². The van der Waals surface area contributed by atoms with Crippen LogP contribution in [0.5, 0.6) is 0 Å². The monoisotopic (exact) mass is 241 g/mol. The van der Waals surface area contributed by atoms with Crippen molar-refractivity contribution in [1.82, 2.24) is 0 Å². The summed E-state index contributed by atoms with van der Waals surface area (Å²) in [6, 6.07) is 2.14. The van der Waals surface area contributed by atoms with Gasteiger partial charge in [0.1, 0.15) is 0 Å². The number of rotatable bonds is 3. The summed E-state index contributed by atoms with van der Waals surface area (Å²) < 4.78 is 27.4. The van der Waals surface area contributed by atoms with Crippen molar-refractivity contribution in [3.8, 4) is 0 Å². The van der Waals surface area contributed by atoms with Crippen LogP contribution in [0.3, 0.4) is 0 Å². The molecule has 0 amide bonds. The first-order chi connectivity index (χ1) is 7.90. The molecule has 1 fully saturated rings. The number of nitrogens with two attached hydrogens (primary N) is 1. The van der Waals surface area contributed by atoms with E-state index in [1.54, 1.807) is 6.92 Å². The zero-order chi connectivity index (χ0) is 12.8. The van der Waals surface area contributed by atoms with E-state index in [1.165, 1.54) is 6.07 Å². The van der Waals surface area contributed by atoms with Gasteiger partial charge in [-0.25, -0.2) is 13.6 Å². The molecule has 0 spiro atoms. The first-order valence-electron chi connectivity index (χ1n) is 5.37. The summed E-state index contributed by atoms with van der Waals surface area (Å²) in [7, 11) is 0. The maximum Gasteiger partial charge on any atom is 0.338 e. The average molecular weight is 241 g/mol. The highest BCUT2D eigenvalue weighted by atomic mass is 19.2. The molecule has 17 heavy (non-hydrogen) atoms. The lowest BCUT2D eigenvalue weighted by Crippen LogP contribution is -2.32. The maximum atomic E-state index is 13.8. The first-order valence-corrected chi connectivity index (χ1v) is 5.37. The number of hydrogen-bond acceptors (Lipinski definition) is 2. The third kappa shape index (κ3) is 1.70. The number of halogens is 2. The van der Waals surface area contributed by atoms with E-state index in [1.807, 2.05) is 0 Å². The Kier molecular flexibility index (Phi) is 2.66. The summed E-state index contributed by atoms with van der Waals surface area (Å²) in [6.07, 6.45) is 1.40. The van der Waals surface area contributed by atoms with Gasteiger partial charge in [0.15, 0.2) is 11.6 Å². The largest absolute Gasteiger partial charge is 0.478 e. The predicted molar refractivity (Wildman–Crippen MR) is 57.9 cm³/mol. The van der Waals surface area contributed by atoms with Crippen LogP contribution in [0.25, 0.3) is 0 Å². The topological polar surface area (TPSA) is 63.3 Å². The second-order valence-corrected chi connectivity index (χ2v) is 4.54. The van der Waals surface area contributed by atoms with Crippen molar-refractivity contribution in [2.75, 3.05) is 0 Å². The quantitative estimate of drug-likeness (QED) is 0.851. The molecule has 1 saturated carbocycles. The molecule has 1 atom stereocenters. The second kappa shape index (κ2) is 3.77. The van der Waals surface area contributed by atoms with Crippen molar-refractivity contribution >= 4 is 5.97 Å². The lowest BCUT2D eigenvalue weighted by Gasteiger charge is -2.21. The summed E-state index contributed by atoms with van der Waals surface area (Å²) in [5.74, 6) is -3.86. The molecule has 0 aromatic heterocycles. The van der Waals surface area contributed by atoms with Crippen molar-refractivity contribution < 1.29 is 18.7 Å². The molecule has 1 aromatic rings. The van der Waals surface area contributed by atoms with E-state index in [9.17, 15) is 13.6 Å². The molecular weight excluding hydrogens is 228 g/mol. The van der Waals surface area contributed by atoms with Crippen molar-refractivity contribution in [1.29, 1.82) is 0 Å². The summed E-state index contributed by atoms with van der Waals surface area (Å²) in [5.41, 5.74) is 4.79. The van der Waals surface area contributed by atoms with Crippen LogP contribution in [-0.4, -0.2) is 17.1 Å². The molecule has 1 unspecified atom stereocenters. The molecular formula is C12H13F2NO2. The number of hydrogen-bond donors (Lipinski definition) is 2. The van der Waals surface area contributed by atoms with Crippen LogP contribution in [0.1, 0.15) is 35.7 Å².